The summed E-state index contributed by atoms with van der Waals surface area (Å²) in [7, 11) is 4.55. The third-order valence-corrected chi connectivity index (χ3v) is 9.57. The fraction of sp³-hybridized carbons (Fsp3) is 0.412. The molecule has 2 N–H and O–H groups in total. The Morgan fingerprint density at radius 1 is 0.909 bits per heavy atom. The minimum atomic E-state index is -0.862. The fourth-order valence-electron chi connectivity index (χ4n) is 7.24. The number of likely N-dealkylation sites (N-methyl/N-ethyl adjacent to an activating group) is 1. The van der Waals surface area contributed by atoms with Crippen LogP contribution in [0.5, 0.6) is 17.2 Å². The van der Waals surface area contributed by atoms with Gasteiger partial charge in [-0.2, -0.15) is 0 Å². The molecule has 236 valence electrons. The van der Waals surface area contributed by atoms with Gasteiger partial charge in [0.1, 0.15) is 5.82 Å². The summed E-state index contributed by atoms with van der Waals surface area (Å²) in [5.74, 6) is 0.353. The zero-order valence-electron chi connectivity index (χ0n) is 25.7. The Kier molecular flexibility index (Phi) is 10.1. The highest BCUT2D eigenvalue weighted by atomic mass is 35.5. The maximum Gasteiger partial charge on any atom is 0.254 e. The number of piperidine rings is 1. The van der Waals surface area contributed by atoms with Gasteiger partial charge in [0.15, 0.2) is 11.5 Å². The number of hydrogen-bond donors (Lipinski definition) is 1. The van der Waals surface area contributed by atoms with E-state index >= 15 is 0 Å². The lowest BCUT2D eigenvalue weighted by atomic mass is 9.61. The number of primary amides is 1. The number of hydrogen-bond acceptors (Lipinski definition) is 6. The zero-order chi connectivity index (χ0) is 30.8. The smallest absolute Gasteiger partial charge is 0.254 e. The first-order valence-corrected chi connectivity index (χ1v) is 14.7. The van der Waals surface area contributed by atoms with E-state index in [4.69, 9.17) is 19.9 Å². The van der Waals surface area contributed by atoms with Gasteiger partial charge in [0.25, 0.3) is 5.91 Å². The van der Waals surface area contributed by atoms with Crippen LogP contribution < -0.4 is 19.9 Å². The molecule has 0 saturated carbocycles. The normalized spacial score (nSPS) is 23.5. The number of carbonyl (C=O) groups excluding carboxylic acids is 2. The lowest BCUT2D eigenvalue weighted by Crippen LogP contribution is -2.61. The second kappa shape index (κ2) is 13.4. The van der Waals surface area contributed by atoms with E-state index in [0.717, 1.165) is 17.7 Å². The summed E-state index contributed by atoms with van der Waals surface area (Å²) in [4.78, 5) is 31.6. The summed E-state index contributed by atoms with van der Waals surface area (Å²) in [6.07, 6.45) is 1.73. The Bertz CT molecular complexity index is 1450. The van der Waals surface area contributed by atoms with Crippen molar-refractivity contribution in [1.82, 2.24) is 9.80 Å². The largest absolute Gasteiger partial charge is 0.493 e. The molecule has 3 atom stereocenters. The van der Waals surface area contributed by atoms with E-state index in [0.29, 0.717) is 61.7 Å². The van der Waals surface area contributed by atoms with E-state index in [1.54, 1.807) is 12.1 Å². The van der Waals surface area contributed by atoms with Crippen molar-refractivity contribution in [2.24, 2.45) is 5.73 Å². The van der Waals surface area contributed by atoms with Gasteiger partial charge in [0.2, 0.25) is 11.7 Å². The minimum Gasteiger partial charge on any atom is -0.493 e. The van der Waals surface area contributed by atoms with Gasteiger partial charge in [0, 0.05) is 30.1 Å². The molecule has 2 saturated heterocycles. The van der Waals surface area contributed by atoms with Crippen LogP contribution in [0.25, 0.3) is 0 Å². The van der Waals surface area contributed by atoms with Gasteiger partial charge in [0.05, 0.1) is 26.7 Å². The van der Waals surface area contributed by atoms with E-state index in [1.807, 2.05) is 47.4 Å². The number of rotatable bonds is 9. The highest BCUT2D eigenvalue weighted by molar-refractivity contribution is 5.96. The van der Waals surface area contributed by atoms with E-state index in [-0.39, 0.29) is 36.1 Å². The fourth-order valence-corrected chi connectivity index (χ4v) is 7.24. The number of amides is 2. The molecular weight excluding hydrogens is 585 g/mol. The molecule has 0 aromatic heterocycles. The van der Waals surface area contributed by atoms with Crippen molar-refractivity contribution in [2.45, 2.75) is 43.1 Å². The van der Waals surface area contributed by atoms with Gasteiger partial charge in [-0.1, -0.05) is 49.4 Å². The van der Waals surface area contributed by atoms with Crippen LogP contribution >= 0.6 is 12.4 Å². The minimum absolute atomic E-state index is 0. The topological polar surface area (TPSA) is 94.3 Å². The molecule has 2 aliphatic heterocycles. The molecule has 2 heterocycles. The SMILES string of the molecule is CCN1CCC(C(N)=O)(c2ccccc2)CC1C1(c2ccc(F)cc2)CCN(C(=O)c2cc(OC)c(OC)c(OC)c2)C1.Cl. The molecule has 0 radical (unpaired) electrons. The van der Waals surface area contributed by atoms with Crippen molar-refractivity contribution in [2.75, 3.05) is 47.5 Å². The molecule has 0 bridgehead atoms. The molecule has 2 fully saturated rings. The second-order valence-electron chi connectivity index (χ2n) is 11.5. The van der Waals surface area contributed by atoms with Crippen molar-refractivity contribution >= 4 is 24.2 Å². The molecule has 10 heteroatoms. The van der Waals surface area contributed by atoms with Crippen LogP contribution in [0.1, 0.15) is 47.7 Å². The van der Waals surface area contributed by atoms with Gasteiger partial charge >= 0.3 is 0 Å². The van der Waals surface area contributed by atoms with Crippen molar-refractivity contribution in [3.63, 3.8) is 0 Å². The van der Waals surface area contributed by atoms with Crippen LogP contribution in [-0.2, 0) is 15.6 Å². The number of benzene rings is 3. The second-order valence-corrected chi connectivity index (χ2v) is 11.5. The maximum atomic E-state index is 14.2. The molecular formula is C34H41ClFN3O5. The number of nitrogens with two attached hydrogens (primary N) is 1. The lowest BCUT2D eigenvalue weighted by Gasteiger charge is -2.52. The van der Waals surface area contributed by atoms with Crippen molar-refractivity contribution in [1.29, 1.82) is 0 Å². The number of carbonyl (C=O) groups is 2. The van der Waals surface area contributed by atoms with Crippen LogP contribution in [0, 0.1) is 5.82 Å². The summed E-state index contributed by atoms with van der Waals surface area (Å²) in [6, 6.07) is 19.5. The average Bonchev–Trinajstić information content (AvgIpc) is 3.50. The van der Waals surface area contributed by atoms with Crippen molar-refractivity contribution in [3.05, 3.63) is 89.2 Å². The first kappa shape index (κ1) is 33.1. The molecule has 0 aliphatic carbocycles. The molecule has 3 aromatic rings. The average molecular weight is 626 g/mol. The number of likely N-dealkylation sites (tertiary alicyclic amines) is 2. The third-order valence-electron chi connectivity index (χ3n) is 9.57. The summed E-state index contributed by atoms with van der Waals surface area (Å²) < 4.78 is 30.6. The first-order chi connectivity index (χ1) is 20.7. The highest BCUT2D eigenvalue weighted by Gasteiger charge is 2.55. The molecule has 3 aromatic carbocycles. The van der Waals surface area contributed by atoms with E-state index in [1.165, 1.54) is 33.5 Å². The predicted molar refractivity (Wildman–Crippen MR) is 170 cm³/mol. The van der Waals surface area contributed by atoms with E-state index < -0.39 is 10.8 Å². The quantitative estimate of drug-likeness (QED) is 0.361. The lowest BCUT2D eigenvalue weighted by molar-refractivity contribution is -0.127. The van der Waals surface area contributed by atoms with Crippen molar-refractivity contribution < 1.29 is 28.2 Å². The monoisotopic (exact) mass is 625 g/mol. The highest BCUT2D eigenvalue weighted by Crippen LogP contribution is 2.49. The molecule has 5 rings (SSSR count). The standard InChI is InChI=1S/C34H40FN3O5.ClH/c1-5-37-17-15-33(32(36)40,24-9-7-6-8-10-24)21-29(37)34(25-11-13-26(35)14-12-25)16-18-38(22-34)31(39)23-19-27(41-2)30(43-4)28(20-23)42-3;/h6-14,19-20,29H,5,15-18,21-22H2,1-4H3,(H2,36,40);1H. The van der Waals surface area contributed by atoms with Gasteiger partial charge in [-0.05, 0) is 67.7 Å². The summed E-state index contributed by atoms with van der Waals surface area (Å²) in [5, 5.41) is 0. The van der Waals surface area contributed by atoms with Crippen LogP contribution in [0.3, 0.4) is 0 Å². The Morgan fingerprint density at radius 2 is 1.55 bits per heavy atom. The predicted octanol–water partition coefficient (Wildman–Crippen LogP) is 4.96. The molecule has 3 unspecified atom stereocenters. The van der Waals surface area contributed by atoms with Gasteiger partial charge in [-0.25, -0.2) is 4.39 Å². The van der Waals surface area contributed by atoms with Crippen LogP contribution in [0.2, 0.25) is 0 Å². The Balaban J connectivity index is 0.00000442. The molecule has 44 heavy (non-hydrogen) atoms. The summed E-state index contributed by atoms with van der Waals surface area (Å²) in [5.41, 5.74) is 7.02. The number of ether oxygens (including phenoxy) is 3. The Hall–Kier alpha value is -3.82. The van der Waals surface area contributed by atoms with Crippen LogP contribution in [0.15, 0.2) is 66.7 Å². The number of nitrogens with zero attached hydrogens (tertiary/aromatic N) is 2. The van der Waals surface area contributed by atoms with Crippen molar-refractivity contribution in [3.8, 4) is 17.2 Å². The summed E-state index contributed by atoms with van der Waals surface area (Å²) in [6.45, 7) is 4.41. The third kappa shape index (κ3) is 5.71. The van der Waals surface area contributed by atoms with Gasteiger partial charge in [-0.3, -0.25) is 14.5 Å². The number of halogens is 2. The summed E-state index contributed by atoms with van der Waals surface area (Å²) >= 11 is 0. The zero-order valence-corrected chi connectivity index (χ0v) is 26.5. The number of methoxy groups -OCH3 is 3. The Labute approximate surface area is 264 Å². The van der Waals surface area contributed by atoms with Gasteiger partial charge < -0.3 is 24.8 Å². The van der Waals surface area contributed by atoms with E-state index in [9.17, 15) is 14.0 Å². The molecule has 2 amide bonds. The maximum absolute atomic E-state index is 14.2. The van der Waals surface area contributed by atoms with Gasteiger partial charge in [-0.15, -0.1) is 12.4 Å². The Morgan fingerprint density at radius 3 is 2.09 bits per heavy atom. The molecule has 8 nitrogen and oxygen atoms in total. The van der Waals surface area contributed by atoms with Crippen LogP contribution in [-0.4, -0.2) is 75.2 Å². The first-order valence-electron chi connectivity index (χ1n) is 14.7. The van der Waals surface area contributed by atoms with E-state index in [2.05, 4.69) is 11.8 Å². The van der Waals surface area contributed by atoms with Crippen LogP contribution in [0.4, 0.5) is 4.39 Å². The molecule has 2 aliphatic rings. The molecule has 0 spiro atoms.